The molecule has 3 rings (SSSR count). The van der Waals surface area contributed by atoms with E-state index >= 15 is 0 Å². The fourth-order valence-corrected chi connectivity index (χ4v) is 3.88. The Balaban J connectivity index is 2.06. The van der Waals surface area contributed by atoms with E-state index in [1.54, 1.807) is 0 Å². The fraction of sp³-hybridized carbons (Fsp3) is 0.348. The summed E-state index contributed by atoms with van der Waals surface area (Å²) in [6.45, 7) is 0. The van der Waals surface area contributed by atoms with E-state index in [1.165, 1.54) is 12.1 Å². The summed E-state index contributed by atoms with van der Waals surface area (Å²) >= 11 is 3.46. The van der Waals surface area contributed by atoms with Gasteiger partial charge >= 0.3 is 52.7 Å². The third-order valence-electron chi connectivity index (χ3n) is 6.21. The van der Waals surface area contributed by atoms with Crippen LogP contribution in [0.25, 0.3) is 0 Å². The van der Waals surface area contributed by atoms with Gasteiger partial charge in [-0.15, -0.1) is 0 Å². The van der Waals surface area contributed by atoms with E-state index in [1.807, 2.05) is 0 Å². The van der Waals surface area contributed by atoms with Gasteiger partial charge in [0.05, 0.1) is 11.3 Å². The average Bonchev–Trinajstić information content (AvgIpc) is 2.90. The molecule has 0 bridgehead atoms. The molecule has 2 aromatic carbocycles. The van der Waals surface area contributed by atoms with Gasteiger partial charge in [-0.3, -0.25) is 14.4 Å². The van der Waals surface area contributed by atoms with Crippen molar-refractivity contribution in [2.45, 2.75) is 46.8 Å². The van der Waals surface area contributed by atoms with Crippen molar-refractivity contribution >= 4 is 34.8 Å². The first-order valence-corrected chi connectivity index (χ1v) is 11.3. The number of fused-ring (bicyclic) bond motifs is 2. The first-order valence-electron chi connectivity index (χ1n) is 10.9. The molecule has 1 aliphatic carbocycles. The third kappa shape index (κ3) is 4.41. The van der Waals surface area contributed by atoms with Gasteiger partial charge in [0.1, 0.15) is 0 Å². The average molecular weight is 686 g/mol. The zero-order chi connectivity index (χ0) is 34.3. The minimum Gasteiger partial charge on any atom is -0.320 e. The van der Waals surface area contributed by atoms with Gasteiger partial charge in [-0.2, -0.15) is 70.2 Å². The highest BCUT2D eigenvalue weighted by Gasteiger charge is 2.95. The summed E-state index contributed by atoms with van der Waals surface area (Å²) in [5, 5.41) is -6.18. The zero-order valence-corrected chi connectivity index (χ0v) is 20.9. The molecule has 0 radical (unpaired) electrons. The Morgan fingerprint density at radius 1 is 0.523 bits per heavy atom. The number of hydrogen-bond donors (Lipinski definition) is 1. The number of amides is 1. The quantitative estimate of drug-likeness (QED) is 0.186. The molecule has 0 heterocycles. The van der Waals surface area contributed by atoms with Crippen LogP contribution in [0.4, 0.5) is 75.9 Å². The van der Waals surface area contributed by atoms with Crippen molar-refractivity contribution in [3.63, 3.8) is 0 Å². The van der Waals surface area contributed by atoms with Crippen molar-refractivity contribution in [3.05, 3.63) is 64.7 Å². The molecule has 4 nitrogen and oxygen atoms in total. The minimum atomic E-state index is -8.75. The van der Waals surface area contributed by atoms with Crippen LogP contribution in [0.5, 0.6) is 0 Å². The minimum absolute atomic E-state index is 0.289. The molecule has 242 valence electrons. The highest BCUT2D eigenvalue weighted by Crippen LogP contribution is 2.64. The van der Waals surface area contributed by atoms with Gasteiger partial charge in [0.25, 0.3) is 0 Å². The summed E-state index contributed by atoms with van der Waals surface area (Å²) < 4.78 is 220. The van der Waals surface area contributed by atoms with Gasteiger partial charge in [0.2, 0.25) is 0 Å². The summed E-state index contributed by atoms with van der Waals surface area (Å²) in [6, 6.07) is 6.51. The number of benzene rings is 2. The van der Waals surface area contributed by atoms with Crippen LogP contribution in [-0.4, -0.2) is 64.3 Å². The molecule has 21 heteroatoms. The molecule has 2 aromatic rings. The van der Waals surface area contributed by atoms with Crippen LogP contribution in [0, 0.1) is 0 Å². The summed E-state index contributed by atoms with van der Waals surface area (Å²) in [6.07, 6.45) is 0. The van der Waals surface area contributed by atoms with Crippen LogP contribution in [0.1, 0.15) is 31.8 Å². The van der Waals surface area contributed by atoms with E-state index < -0.39 is 86.7 Å². The largest absolute Gasteiger partial charge is 0.393 e. The molecular weight excluding hydrogens is 678 g/mol. The van der Waals surface area contributed by atoms with E-state index in [0.717, 1.165) is 23.5 Å². The lowest BCUT2D eigenvalue weighted by Gasteiger charge is -2.42. The topological polar surface area (TPSA) is 63.2 Å². The SMILES string of the molecule is O=C1c2ccccc2C(=O)c2c(NC(=O)C(F)(F)C(F)(F)C(F)(F)C(F)(F)C(F)(F)C(F)(F)C(F)(F)C(F)(F)Cl)cccc21. The highest BCUT2D eigenvalue weighted by atomic mass is 35.5. The molecule has 0 saturated carbocycles. The molecule has 1 amide bonds. The number of halogens is 17. The molecule has 1 N–H and O–H groups in total. The van der Waals surface area contributed by atoms with Crippen molar-refractivity contribution < 1.29 is 84.6 Å². The number of hydrogen-bond acceptors (Lipinski definition) is 3. The van der Waals surface area contributed by atoms with E-state index in [-0.39, 0.29) is 5.56 Å². The van der Waals surface area contributed by atoms with Crippen molar-refractivity contribution in [2.24, 2.45) is 0 Å². The summed E-state index contributed by atoms with van der Waals surface area (Å²) in [7, 11) is 0. The van der Waals surface area contributed by atoms with Crippen LogP contribution in [0.15, 0.2) is 42.5 Å². The van der Waals surface area contributed by atoms with Gasteiger partial charge in [-0.1, -0.05) is 36.4 Å². The van der Waals surface area contributed by atoms with Crippen molar-refractivity contribution in [1.29, 1.82) is 0 Å². The molecule has 44 heavy (non-hydrogen) atoms. The number of anilines is 1. The maximum atomic E-state index is 14.4. The lowest BCUT2D eigenvalue weighted by Crippen LogP contribution is -2.75. The van der Waals surface area contributed by atoms with Crippen LogP contribution < -0.4 is 5.32 Å². The number of rotatable bonds is 9. The maximum absolute atomic E-state index is 14.4. The molecule has 0 aliphatic heterocycles. The van der Waals surface area contributed by atoms with Crippen molar-refractivity contribution in [1.82, 2.24) is 0 Å². The Labute approximate surface area is 236 Å². The zero-order valence-electron chi connectivity index (χ0n) is 20.2. The van der Waals surface area contributed by atoms with Crippen LogP contribution >= 0.6 is 11.6 Å². The van der Waals surface area contributed by atoms with E-state index in [2.05, 4.69) is 11.6 Å². The van der Waals surface area contributed by atoms with E-state index in [4.69, 9.17) is 0 Å². The molecule has 0 atom stereocenters. The number of nitrogens with one attached hydrogen (secondary N) is 1. The van der Waals surface area contributed by atoms with E-state index in [9.17, 15) is 84.6 Å². The number of ketones is 2. The molecular formula is C23H8ClF16NO3. The Morgan fingerprint density at radius 3 is 1.36 bits per heavy atom. The second-order valence-corrected chi connectivity index (χ2v) is 9.38. The van der Waals surface area contributed by atoms with Gasteiger partial charge in [-0.05, 0) is 17.7 Å². The first-order chi connectivity index (χ1) is 19.6. The standard InChI is InChI=1S/C23H8ClF16NO3/c24-23(39,40)22(37,38)21(35,36)20(33,34)19(31,32)18(29,30)17(27,28)16(25,26)15(44)41-11-7-3-6-10-12(11)14(43)9-5-2-1-4-8(9)13(10)42/h1-7H,(H,41,44). The van der Waals surface area contributed by atoms with Crippen molar-refractivity contribution in [3.8, 4) is 0 Å². The predicted octanol–water partition coefficient (Wildman–Crippen LogP) is 7.68. The molecule has 0 aromatic heterocycles. The third-order valence-corrected chi connectivity index (χ3v) is 6.45. The Kier molecular flexibility index (Phi) is 7.90. The smallest absolute Gasteiger partial charge is 0.320 e. The molecule has 0 fully saturated rings. The number of carbonyl (C=O) groups is 3. The molecule has 0 unspecified atom stereocenters. The monoisotopic (exact) mass is 685 g/mol. The van der Waals surface area contributed by atoms with Gasteiger partial charge in [-0.25, -0.2) is 0 Å². The number of alkyl halides is 17. The van der Waals surface area contributed by atoms with Crippen LogP contribution in [-0.2, 0) is 4.79 Å². The summed E-state index contributed by atoms with van der Waals surface area (Å²) in [5.74, 6) is -64.0. The lowest BCUT2D eigenvalue weighted by molar-refractivity contribution is -0.445. The van der Waals surface area contributed by atoms with E-state index in [0.29, 0.717) is 12.1 Å². The summed E-state index contributed by atoms with van der Waals surface area (Å²) in [4.78, 5) is 37.5. The Hall–Kier alpha value is -3.58. The van der Waals surface area contributed by atoms with Crippen LogP contribution in [0.3, 0.4) is 0 Å². The Morgan fingerprint density at radius 2 is 0.909 bits per heavy atom. The second-order valence-electron chi connectivity index (χ2n) is 8.90. The normalized spacial score (nSPS) is 15.6. The van der Waals surface area contributed by atoms with Crippen LogP contribution in [0.2, 0.25) is 0 Å². The second kappa shape index (κ2) is 9.96. The highest BCUT2D eigenvalue weighted by molar-refractivity contribution is 6.30. The van der Waals surface area contributed by atoms with Crippen molar-refractivity contribution in [2.75, 3.05) is 5.32 Å². The van der Waals surface area contributed by atoms with Gasteiger partial charge in [0.15, 0.2) is 11.6 Å². The molecule has 1 aliphatic rings. The fourth-order valence-electron chi connectivity index (χ4n) is 3.76. The first kappa shape index (κ1) is 34.9. The van der Waals surface area contributed by atoms with Gasteiger partial charge < -0.3 is 5.32 Å². The Bertz CT molecular complexity index is 1530. The summed E-state index contributed by atoms with van der Waals surface area (Å²) in [5.41, 5.74) is -3.81. The molecule has 0 saturated heterocycles. The lowest BCUT2D eigenvalue weighted by atomic mass is 9.83. The predicted molar refractivity (Wildman–Crippen MR) is 114 cm³/mol. The number of carbonyl (C=O) groups excluding carboxylic acids is 3. The van der Waals surface area contributed by atoms with Gasteiger partial charge in [0, 0.05) is 16.7 Å². The maximum Gasteiger partial charge on any atom is 0.393 e. The molecule has 0 spiro atoms.